The summed E-state index contributed by atoms with van der Waals surface area (Å²) in [6, 6.07) is 3.10. The highest BCUT2D eigenvalue weighted by atomic mass is 35.5. The first-order valence-electron chi connectivity index (χ1n) is 4.56. The molecule has 1 rings (SSSR count). The molecule has 0 radical (unpaired) electrons. The van der Waals surface area contributed by atoms with Crippen LogP contribution in [0.5, 0.6) is 0 Å². The third-order valence-corrected chi connectivity index (χ3v) is 2.71. The van der Waals surface area contributed by atoms with Crippen molar-refractivity contribution in [1.82, 2.24) is 0 Å². The molecule has 0 unspecified atom stereocenters. The fourth-order valence-corrected chi connectivity index (χ4v) is 1.68. The SMILES string of the molecule is CC(C)(Nc1c(Cl)cc(N)cc1Cl)C(N)=O. The maximum absolute atomic E-state index is 11.2. The largest absolute Gasteiger partial charge is 0.399 e. The van der Waals surface area contributed by atoms with Gasteiger partial charge in [-0.1, -0.05) is 23.2 Å². The summed E-state index contributed by atoms with van der Waals surface area (Å²) in [7, 11) is 0. The van der Waals surface area contributed by atoms with E-state index in [9.17, 15) is 4.79 Å². The number of rotatable bonds is 3. The fourth-order valence-electron chi connectivity index (χ4n) is 1.09. The Morgan fingerprint density at radius 2 is 1.75 bits per heavy atom. The van der Waals surface area contributed by atoms with E-state index in [1.165, 1.54) is 0 Å². The Bertz CT molecular complexity index is 409. The minimum Gasteiger partial charge on any atom is -0.399 e. The minimum atomic E-state index is -0.941. The number of benzene rings is 1. The Kier molecular flexibility index (Phi) is 3.55. The van der Waals surface area contributed by atoms with Crippen LogP contribution < -0.4 is 16.8 Å². The molecule has 0 saturated carbocycles. The molecule has 88 valence electrons. The lowest BCUT2D eigenvalue weighted by atomic mass is 10.0. The fraction of sp³-hybridized carbons (Fsp3) is 0.300. The van der Waals surface area contributed by atoms with Crippen LogP contribution in [0.4, 0.5) is 11.4 Å². The normalized spacial score (nSPS) is 11.2. The Morgan fingerprint density at radius 1 is 1.31 bits per heavy atom. The average Bonchev–Trinajstić information content (AvgIpc) is 2.11. The van der Waals surface area contributed by atoms with E-state index >= 15 is 0 Å². The number of carbonyl (C=O) groups is 1. The maximum Gasteiger partial charge on any atom is 0.242 e. The van der Waals surface area contributed by atoms with Crippen LogP contribution in [-0.2, 0) is 4.79 Å². The van der Waals surface area contributed by atoms with Crippen molar-refractivity contribution in [2.45, 2.75) is 19.4 Å². The number of nitrogens with one attached hydrogen (secondary N) is 1. The molecular weight excluding hydrogens is 249 g/mol. The molecule has 0 bridgehead atoms. The second-order valence-corrected chi connectivity index (χ2v) is 4.79. The molecule has 0 fully saturated rings. The van der Waals surface area contributed by atoms with Crippen LogP contribution in [-0.4, -0.2) is 11.4 Å². The lowest BCUT2D eigenvalue weighted by molar-refractivity contribution is -0.121. The van der Waals surface area contributed by atoms with Crippen molar-refractivity contribution >= 4 is 40.5 Å². The van der Waals surface area contributed by atoms with Crippen LogP contribution in [0.3, 0.4) is 0 Å². The van der Waals surface area contributed by atoms with E-state index in [0.29, 0.717) is 21.4 Å². The second kappa shape index (κ2) is 4.39. The van der Waals surface area contributed by atoms with Gasteiger partial charge in [0.25, 0.3) is 0 Å². The third kappa shape index (κ3) is 2.71. The zero-order valence-corrected chi connectivity index (χ0v) is 10.5. The van der Waals surface area contributed by atoms with Gasteiger partial charge in [0.2, 0.25) is 5.91 Å². The molecule has 0 spiro atoms. The smallest absolute Gasteiger partial charge is 0.242 e. The summed E-state index contributed by atoms with van der Waals surface area (Å²) >= 11 is 11.9. The number of hydrogen-bond donors (Lipinski definition) is 3. The molecule has 16 heavy (non-hydrogen) atoms. The summed E-state index contributed by atoms with van der Waals surface area (Å²) in [6.07, 6.45) is 0. The lowest BCUT2D eigenvalue weighted by Crippen LogP contribution is -2.45. The number of nitrogen functional groups attached to an aromatic ring is 1. The molecule has 0 saturated heterocycles. The van der Waals surface area contributed by atoms with Crippen molar-refractivity contribution < 1.29 is 4.79 Å². The van der Waals surface area contributed by atoms with E-state index in [0.717, 1.165) is 0 Å². The molecule has 0 aliphatic heterocycles. The molecule has 6 heteroatoms. The average molecular weight is 262 g/mol. The molecule has 1 aromatic carbocycles. The zero-order chi connectivity index (χ0) is 12.5. The highest BCUT2D eigenvalue weighted by molar-refractivity contribution is 6.39. The first kappa shape index (κ1) is 12.9. The van der Waals surface area contributed by atoms with Crippen molar-refractivity contribution in [3.05, 3.63) is 22.2 Å². The Morgan fingerprint density at radius 3 is 2.12 bits per heavy atom. The van der Waals surface area contributed by atoms with Crippen LogP contribution in [0.2, 0.25) is 10.0 Å². The first-order chi connectivity index (χ1) is 7.24. The number of hydrogen-bond acceptors (Lipinski definition) is 3. The van der Waals surface area contributed by atoms with E-state index in [4.69, 9.17) is 34.7 Å². The van der Waals surface area contributed by atoms with Crippen molar-refractivity contribution in [1.29, 1.82) is 0 Å². The molecule has 5 N–H and O–H groups in total. The van der Waals surface area contributed by atoms with Gasteiger partial charge in [-0.25, -0.2) is 0 Å². The van der Waals surface area contributed by atoms with Crippen LogP contribution >= 0.6 is 23.2 Å². The van der Waals surface area contributed by atoms with Crippen LogP contribution in [0.25, 0.3) is 0 Å². The molecule has 0 atom stereocenters. The van der Waals surface area contributed by atoms with Crippen molar-refractivity contribution in [3.63, 3.8) is 0 Å². The lowest BCUT2D eigenvalue weighted by Gasteiger charge is -2.25. The van der Waals surface area contributed by atoms with Crippen molar-refractivity contribution in [3.8, 4) is 0 Å². The van der Waals surface area contributed by atoms with Gasteiger partial charge in [0, 0.05) is 5.69 Å². The van der Waals surface area contributed by atoms with E-state index in [1.54, 1.807) is 26.0 Å². The van der Waals surface area contributed by atoms with Crippen molar-refractivity contribution in [2.24, 2.45) is 5.73 Å². The predicted octanol–water partition coefficient (Wildman–Crippen LogP) is 2.25. The molecule has 0 aliphatic carbocycles. The summed E-state index contributed by atoms with van der Waals surface area (Å²) in [4.78, 5) is 11.2. The van der Waals surface area contributed by atoms with Crippen LogP contribution in [0.15, 0.2) is 12.1 Å². The number of nitrogens with two attached hydrogens (primary N) is 2. The van der Waals surface area contributed by atoms with Gasteiger partial charge in [0.05, 0.1) is 15.7 Å². The Hall–Kier alpha value is -1.13. The van der Waals surface area contributed by atoms with Gasteiger partial charge in [-0.05, 0) is 26.0 Å². The van der Waals surface area contributed by atoms with Gasteiger partial charge in [-0.15, -0.1) is 0 Å². The molecule has 1 aromatic rings. The number of carbonyl (C=O) groups excluding carboxylic acids is 1. The highest BCUT2D eigenvalue weighted by Crippen LogP contribution is 2.34. The molecule has 0 aliphatic rings. The number of halogens is 2. The van der Waals surface area contributed by atoms with Gasteiger partial charge in [-0.3, -0.25) is 4.79 Å². The van der Waals surface area contributed by atoms with Crippen molar-refractivity contribution in [2.75, 3.05) is 11.1 Å². The zero-order valence-electron chi connectivity index (χ0n) is 8.97. The standard InChI is InChI=1S/C10H13Cl2N3O/c1-10(2,9(14)16)15-8-6(11)3-5(13)4-7(8)12/h3-4,15H,13H2,1-2H3,(H2,14,16). The summed E-state index contributed by atoms with van der Waals surface area (Å²) < 4.78 is 0. The number of anilines is 2. The van der Waals surface area contributed by atoms with Gasteiger partial charge in [-0.2, -0.15) is 0 Å². The van der Waals surface area contributed by atoms with E-state index < -0.39 is 11.4 Å². The molecule has 1 amide bonds. The van der Waals surface area contributed by atoms with E-state index in [1.807, 2.05) is 0 Å². The molecular formula is C10H13Cl2N3O. The molecule has 4 nitrogen and oxygen atoms in total. The number of amides is 1. The van der Waals surface area contributed by atoms with E-state index in [-0.39, 0.29) is 0 Å². The Balaban J connectivity index is 3.11. The Labute approximate surface area is 104 Å². The molecule has 0 heterocycles. The van der Waals surface area contributed by atoms with Gasteiger partial charge in [0.15, 0.2) is 0 Å². The predicted molar refractivity (Wildman–Crippen MR) is 67.8 cm³/mol. The molecule has 0 aromatic heterocycles. The van der Waals surface area contributed by atoms with Gasteiger partial charge in [0.1, 0.15) is 5.54 Å². The van der Waals surface area contributed by atoms with Gasteiger partial charge < -0.3 is 16.8 Å². The maximum atomic E-state index is 11.2. The highest BCUT2D eigenvalue weighted by Gasteiger charge is 2.26. The number of primary amides is 1. The second-order valence-electron chi connectivity index (χ2n) is 3.97. The monoisotopic (exact) mass is 261 g/mol. The minimum absolute atomic E-state index is 0.347. The summed E-state index contributed by atoms with van der Waals surface area (Å²) in [5.74, 6) is -0.503. The first-order valence-corrected chi connectivity index (χ1v) is 5.32. The van der Waals surface area contributed by atoms with Gasteiger partial charge >= 0.3 is 0 Å². The third-order valence-electron chi connectivity index (χ3n) is 2.12. The summed E-state index contributed by atoms with van der Waals surface area (Å²) in [5, 5.41) is 3.58. The summed E-state index contributed by atoms with van der Waals surface area (Å²) in [5.41, 5.74) is 10.8. The van der Waals surface area contributed by atoms with Crippen LogP contribution in [0, 0.1) is 0 Å². The quantitative estimate of drug-likeness (QED) is 0.731. The topological polar surface area (TPSA) is 81.1 Å². The van der Waals surface area contributed by atoms with Crippen LogP contribution in [0.1, 0.15) is 13.8 Å². The summed E-state index contributed by atoms with van der Waals surface area (Å²) in [6.45, 7) is 3.27. The van der Waals surface area contributed by atoms with E-state index in [2.05, 4.69) is 5.32 Å².